The van der Waals surface area contributed by atoms with Crippen molar-refractivity contribution in [1.29, 1.82) is 0 Å². The Bertz CT molecular complexity index is 336. The molecule has 70 valence electrons. The van der Waals surface area contributed by atoms with Gasteiger partial charge in [0.05, 0.1) is 10.6 Å². The number of benzene rings is 1. The number of hydrogen-bond donors (Lipinski definition) is 1. The third kappa shape index (κ3) is 1.92. The summed E-state index contributed by atoms with van der Waals surface area (Å²) in [5.74, 6) is -0.428. The fourth-order valence-electron chi connectivity index (χ4n) is 0.929. The Morgan fingerprint density at radius 3 is 2.62 bits per heavy atom. The number of carbonyl (C=O) groups is 1. The van der Waals surface area contributed by atoms with E-state index < -0.39 is 0 Å². The van der Waals surface area contributed by atoms with Crippen molar-refractivity contribution in [2.24, 2.45) is 0 Å². The van der Waals surface area contributed by atoms with Crippen LogP contribution in [0.3, 0.4) is 0 Å². The van der Waals surface area contributed by atoms with Crippen LogP contribution in [-0.2, 0) is 0 Å². The van der Waals surface area contributed by atoms with Gasteiger partial charge in [-0.1, -0.05) is 17.7 Å². The van der Waals surface area contributed by atoms with E-state index in [4.69, 9.17) is 11.6 Å². The maximum Gasteiger partial charge on any atom is 0.257 e. The Labute approximate surface area is 81.5 Å². The molecule has 0 aliphatic heterocycles. The minimum atomic E-state index is -0.264. The Hall–Kier alpha value is -1.22. The molecule has 4 heteroatoms. The molecule has 1 aromatic carbocycles. The van der Waals surface area contributed by atoms with Gasteiger partial charge in [-0.25, -0.2) is 0 Å². The van der Waals surface area contributed by atoms with Crippen LogP contribution in [0.5, 0.6) is 5.75 Å². The molecule has 0 saturated carbocycles. The average Bonchev–Trinajstić information content (AvgIpc) is 2.08. The topological polar surface area (TPSA) is 40.5 Å². The van der Waals surface area contributed by atoms with Gasteiger partial charge in [-0.05, 0) is 12.1 Å². The lowest BCUT2D eigenvalue weighted by atomic mass is 10.2. The number of rotatable bonds is 1. The van der Waals surface area contributed by atoms with Crippen molar-refractivity contribution in [3.05, 3.63) is 28.8 Å². The first kappa shape index (κ1) is 9.86. The lowest BCUT2D eigenvalue weighted by Crippen LogP contribution is -2.21. The standard InChI is InChI=1S/C9H10ClNO2/c1-11(2)9(13)6-4-3-5-7(10)8(6)12/h3-5,12H,1-2H3. The molecule has 0 aliphatic rings. The first-order valence-electron chi connectivity index (χ1n) is 3.73. The van der Waals surface area contributed by atoms with Crippen molar-refractivity contribution in [3.8, 4) is 5.75 Å². The van der Waals surface area contributed by atoms with E-state index in [1.165, 1.54) is 17.0 Å². The quantitative estimate of drug-likeness (QED) is 0.749. The molecule has 0 spiro atoms. The molecule has 0 saturated heterocycles. The zero-order chi connectivity index (χ0) is 10.0. The number of nitrogens with zero attached hydrogens (tertiary/aromatic N) is 1. The second-order valence-corrected chi connectivity index (χ2v) is 3.24. The summed E-state index contributed by atoms with van der Waals surface area (Å²) < 4.78 is 0. The Balaban J connectivity index is 3.15. The molecule has 0 bridgehead atoms. The van der Waals surface area contributed by atoms with E-state index >= 15 is 0 Å². The molecule has 0 aromatic heterocycles. The van der Waals surface area contributed by atoms with Crippen molar-refractivity contribution in [3.63, 3.8) is 0 Å². The molecule has 1 amide bonds. The Morgan fingerprint density at radius 1 is 1.46 bits per heavy atom. The molecule has 0 atom stereocenters. The van der Waals surface area contributed by atoms with Gasteiger partial charge in [0.25, 0.3) is 5.91 Å². The first-order chi connectivity index (χ1) is 6.04. The minimum Gasteiger partial charge on any atom is -0.506 e. The molecule has 0 radical (unpaired) electrons. The molecule has 13 heavy (non-hydrogen) atoms. The van der Waals surface area contributed by atoms with Gasteiger partial charge in [0.2, 0.25) is 0 Å². The number of phenolic OH excluding ortho intramolecular Hbond substituents is 1. The van der Waals surface area contributed by atoms with Gasteiger partial charge < -0.3 is 10.0 Å². The van der Waals surface area contributed by atoms with Crippen LogP contribution in [0.1, 0.15) is 10.4 Å². The van der Waals surface area contributed by atoms with Crippen LogP contribution < -0.4 is 0 Å². The van der Waals surface area contributed by atoms with Gasteiger partial charge in [-0.2, -0.15) is 0 Å². The highest BCUT2D eigenvalue weighted by atomic mass is 35.5. The average molecular weight is 200 g/mol. The Morgan fingerprint density at radius 2 is 2.08 bits per heavy atom. The van der Waals surface area contributed by atoms with Crippen LogP contribution in [0.2, 0.25) is 5.02 Å². The summed E-state index contributed by atoms with van der Waals surface area (Å²) in [6.07, 6.45) is 0. The minimum absolute atomic E-state index is 0.164. The van der Waals surface area contributed by atoms with E-state index in [-0.39, 0.29) is 22.2 Å². The fourth-order valence-corrected chi connectivity index (χ4v) is 1.10. The number of halogens is 1. The number of hydrogen-bond acceptors (Lipinski definition) is 2. The number of aromatic hydroxyl groups is 1. The van der Waals surface area contributed by atoms with Crippen molar-refractivity contribution in [2.45, 2.75) is 0 Å². The van der Waals surface area contributed by atoms with Gasteiger partial charge in [-0.3, -0.25) is 4.79 Å². The van der Waals surface area contributed by atoms with E-state index in [0.29, 0.717) is 0 Å². The summed E-state index contributed by atoms with van der Waals surface area (Å²) in [5.41, 5.74) is 0.220. The van der Waals surface area contributed by atoms with Crippen LogP contribution in [0.15, 0.2) is 18.2 Å². The second kappa shape index (κ2) is 3.66. The molecular weight excluding hydrogens is 190 g/mol. The monoisotopic (exact) mass is 199 g/mol. The lowest BCUT2D eigenvalue weighted by molar-refractivity contribution is 0.0824. The summed E-state index contributed by atoms with van der Waals surface area (Å²) in [5, 5.41) is 9.63. The van der Waals surface area contributed by atoms with E-state index in [0.717, 1.165) is 0 Å². The van der Waals surface area contributed by atoms with Crippen LogP contribution in [0.25, 0.3) is 0 Å². The third-order valence-electron chi connectivity index (χ3n) is 1.62. The largest absolute Gasteiger partial charge is 0.506 e. The maximum atomic E-state index is 11.4. The highest BCUT2D eigenvalue weighted by molar-refractivity contribution is 6.32. The summed E-state index contributed by atoms with van der Waals surface area (Å²) in [6.45, 7) is 0. The fraction of sp³-hybridized carbons (Fsp3) is 0.222. The van der Waals surface area contributed by atoms with Gasteiger partial charge in [0.1, 0.15) is 5.75 Å². The molecule has 1 aromatic rings. The van der Waals surface area contributed by atoms with Crippen LogP contribution in [0.4, 0.5) is 0 Å². The first-order valence-corrected chi connectivity index (χ1v) is 4.11. The number of carbonyl (C=O) groups excluding carboxylic acids is 1. The predicted molar refractivity (Wildman–Crippen MR) is 51.1 cm³/mol. The highest BCUT2D eigenvalue weighted by Crippen LogP contribution is 2.27. The predicted octanol–water partition coefficient (Wildman–Crippen LogP) is 1.75. The van der Waals surface area contributed by atoms with E-state index in [9.17, 15) is 9.90 Å². The van der Waals surface area contributed by atoms with Crippen molar-refractivity contribution >= 4 is 17.5 Å². The van der Waals surface area contributed by atoms with Gasteiger partial charge in [0, 0.05) is 14.1 Å². The van der Waals surface area contributed by atoms with Gasteiger partial charge in [-0.15, -0.1) is 0 Å². The van der Waals surface area contributed by atoms with E-state index in [1.807, 2.05) is 0 Å². The van der Waals surface area contributed by atoms with Crippen LogP contribution in [0, 0.1) is 0 Å². The van der Waals surface area contributed by atoms with Crippen molar-refractivity contribution in [1.82, 2.24) is 4.90 Å². The van der Waals surface area contributed by atoms with Crippen LogP contribution >= 0.6 is 11.6 Å². The SMILES string of the molecule is CN(C)C(=O)c1cccc(Cl)c1O. The number of phenols is 1. The number of amides is 1. The summed E-state index contributed by atoms with van der Waals surface area (Å²) in [7, 11) is 3.23. The zero-order valence-electron chi connectivity index (χ0n) is 7.41. The molecule has 0 fully saturated rings. The van der Waals surface area contributed by atoms with Crippen molar-refractivity contribution < 1.29 is 9.90 Å². The highest BCUT2D eigenvalue weighted by Gasteiger charge is 2.14. The van der Waals surface area contributed by atoms with E-state index in [1.54, 1.807) is 20.2 Å². The molecule has 0 aliphatic carbocycles. The van der Waals surface area contributed by atoms with Crippen molar-refractivity contribution in [2.75, 3.05) is 14.1 Å². The summed E-state index contributed by atoms with van der Waals surface area (Å²) in [6, 6.07) is 4.69. The molecule has 3 nitrogen and oxygen atoms in total. The third-order valence-corrected chi connectivity index (χ3v) is 1.93. The molecule has 0 heterocycles. The molecule has 1 rings (SSSR count). The van der Waals surface area contributed by atoms with Gasteiger partial charge in [0.15, 0.2) is 0 Å². The van der Waals surface area contributed by atoms with Gasteiger partial charge >= 0.3 is 0 Å². The molecular formula is C9H10ClNO2. The van der Waals surface area contributed by atoms with Crippen LogP contribution in [-0.4, -0.2) is 30.0 Å². The normalized spacial score (nSPS) is 9.77. The second-order valence-electron chi connectivity index (χ2n) is 2.84. The number of para-hydroxylation sites is 1. The smallest absolute Gasteiger partial charge is 0.257 e. The lowest BCUT2D eigenvalue weighted by Gasteiger charge is -2.11. The summed E-state index contributed by atoms with van der Waals surface area (Å²) in [4.78, 5) is 12.8. The zero-order valence-corrected chi connectivity index (χ0v) is 8.17. The van der Waals surface area contributed by atoms with E-state index in [2.05, 4.69) is 0 Å². The Kier molecular flexibility index (Phi) is 2.78. The molecule has 0 unspecified atom stereocenters. The maximum absolute atomic E-state index is 11.4. The molecule has 1 N–H and O–H groups in total. The summed E-state index contributed by atoms with van der Waals surface area (Å²) >= 11 is 5.64.